The van der Waals surface area contributed by atoms with Crippen molar-refractivity contribution in [1.29, 1.82) is 5.26 Å². The molecule has 0 radical (unpaired) electrons. The van der Waals surface area contributed by atoms with Crippen molar-refractivity contribution < 1.29 is 0 Å². The SMILES string of the molecule is CCC(CC)(CCC#N)CN1CCN(C)[C@@H](C)C1. The largest absolute Gasteiger partial charge is 0.301 e. The maximum Gasteiger partial charge on any atom is 0.0621 e. The first kappa shape index (κ1) is 15.5. The second-order valence-electron chi connectivity index (χ2n) is 5.93. The summed E-state index contributed by atoms with van der Waals surface area (Å²) in [4.78, 5) is 5.04. The van der Waals surface area contributed by atoms with Gasteiger partial charge in [-0.15, -0.1) is 0 Å². The molecule has 0 aromatic rings. The van der Waals surface area contributed by atoms with Crippen molar-refractivity contribution in [2.75, 3.05) is 33.2 Å². The molecule has 0 aromatic carbocycles. The molecule has 1 atom stereocenters. The number of nitriles is 1. The summed E-state index contributed by atoms with van der Waals surface area (Å²) in [6.45, 7) is 11.5. The van der Waals surface area contributed by atoms with Crippen LogP contribution in [0.2, 0.25) is 0 Å². The lowest BCUT2D eigenvalue weighted by molar-refractivity contribution is 0.0569. The van der Waals surface area contributed by atoms with E-state index < -0.39 is 0 Å². The van der Waals surface area contributed by atoms with Gasteiger partial charge in [-0.25, -0.2) is 0 Å². The molecular formula is C15H29N3. The Bertz CT molecular complexity index is 278. The minimum absolute atomic E-state index is 0.353. The summed E-state index contributed by atoms with van der Waals surface area (Å²) in [6.07, 6.45) is 4.12. The number of piperazine rings is 1. The van der Waals surface area contributed by atoms with Crippen LogP contribution in [0.1, 0.15) is 46.5 Å². The van der Waals surface area contributed by atoms with Crippen molar-refractivity contribution in [3.63, 3.8) is 0 Å². The van der Waals surface area contributed by atoms with Gasteiger partial charge in [0, 0.05) is 38.6 Å². The maximum atomic E-state index is 8.83. The summed E-state index contributed by atoms with van der Waals surface area (Å²) in [5.74, 6) is 0. The van der Waals surface area contributed by atoms with E-state index >= 15 is 0 Å². The van der Waals surface area contributed by atoms with Gasteiger partial charge in [-0.05, 0) is 38.6 Å². The highest BCUT2D eigenvalue weighted by Crippen LogP contribution is 2.33. The zero-order valence-electron chi connectivity index (χ0n) is 12.6. The van der Waals surface area contributed by atoms with Crippen LogP contribution in [0, 0.1) is 16.7 Å². The number of likely N-dealkylation sites (N-methyl/N-ethyl adjacent to an activating group) is 1. The summed E-state index contributed by atoms with van der Waals surface area (Å²) in [5, 5.41) is 8.83. The molecule has 1 heterocycles. The molecular weight excluding hydrogens is 222 g/mol. The van der Waals surface area contributed by atoms with Gasteiger partial charge in [0.15, 0.2) is 0 Å². The molecule has 1 aliphatic rings. The Morgan fingerprint density at radius 1 is 1.28 bits per heavy atom. The van der Waals surface area contributed by atoms with Crippen LogP contribution in [0.25, 0.3) is 0 Å². The third-order valence-corrected chi connectivity index (χ3v) is 4.87. The molecule has 104 valence electrons. The van der Waals surface area contributed by atoms with Crippen LogP contribution >= 0.6 is 0 Å². The second kappa shape index (κ2) is 7.11. The topological polar surface area (TPSA) is 30.3 Å². The highest BCUT2D eigenvalue weighted by Gasteiger charge is 2.31. The molecule has 3 nitrogen and oxygen atoms in total. The van der Waals surface area contributed by atoms with Crippen LogP contribution in [0.3, 0.4) is 0 Å². The average molecular weight is 251 g/mol. The monoisotopic (exact) mass is 251 g/mol. The van der Waals surface area contributed by atoms with Crippen LogP contribution < -0.4 is 0 Å². The van der Waals surface area contributed by atoms with Crippen LogP contribution in [-0.2, 0) is 0 Å². The maximum absolute atomic E-state index is 8.83. The minimum Gasteiger partial charge on any atom is -0.301 e. The van der Waals surface area contributed by atoms with Gasteiger partial charge in [0.2, 0.25) is 0 Å². The second-order valence-corrected chi connectivity index (χ2v) is 5.93. The zero-order chi connectivity index (χ0) is 13.6. The van der Waals surface area contributed by atoms with Gasteiger partial charge in [0.05, 0.1) is 6.07 Å². The Hall–Kier alpha value is -0.590. The van der Waals surface area contributed by atoms with Gasteiger partial charge >= 0.3 is 0 Å². The van der Waals surface area contributed by atoms with Crippen LogP contribution in [0.4, 0.5) is 0 Å². The predicted octanol–water partition coefficient (Wildman–Crippen LogP) is 2.73. The summed E-state index contributed by atoms with van der Waals surface area (Å²) in [5.41, 5.74) is 0.353. The van der Waals surface area contributed by atoms with E-state index in [0.29, 0.717) is 17.9 Å². The van der Waals surface area contributed by atoms with Gasteiger partial charge in [-0.2, -0.15) is 5.26 Å². The first-order valence-electron chi connectivity index (χ1n) is 7.36. The van der Waals surface area contributed by atoms with E-state index in [9.17, 15) is 0 Å². The fraction of sp³-hybridized carbons (Fsp3) is 0.933. The van der Waals surface area contributed by atoms with E-state index in [0.717, 1.165) is 6.42 Å². The fourth-order valence-corrected chi connectivity index (χ4v) is 2.97. The first-order chi connectivity index (χ1) is 8.56. The Morgan fingerprint density at radius 3 is 2.44 bits per heavy atom. The number of nitrogens with zero attached hydrogens (tertiary/aromatic N) is 3. The van der Waals surface area contributed by atoms with Gasteiger partial charge in [-0.3, -0.25) is 4.90 Å². The van der Waals surface area contributed by atoms with Crippen molar-refractivity contribution >= 4 is 0 Å². The summed E-state index contributed by atoms with van der Waals surface area (Å²) in [6, 6.07) is 2.97. The van der Waals surface area contributed by atoms with Crippen LogP contribution in [0.5, 0.6) is 0 Å². The molecule has 0 aliphatic carbocycles. The Labute approximate surface area is 113 Å². The third kappa shape index (κ3) is 3.96. The van der Waals surface area contributed by atoms with Crippen molar-refractivity contribution in [2.45, 2.75) is 52.5 Å². The highest BCUT2D eigenvalue weighted by atomic mass is 15.3. The minimum atomic E-state index is 0.353. The van der Waals surface area contributed by atoms with E-state index in [4.69, 9.17) is 5.26 Å². The summed E-state index contributed by atoms with van der Waals surface area (Å²) >= 11 is 0. The van der Waals surface area contributed by atoms with E-state index in [-0.39, 0.29) is 0 Å². The number of hydrogen-bond donors (Lipinski definition) is 0. The van der Waals surface area contributed by atoms with E-state index in [2.05, 4.69) is 43.7 Å². The van der Waals surface area contributed by atoms with Crippen LogP contribution in [0.15, 0.2) is 0 Å². The Balaban J connectivity index is 2.58. The van der Waals surface area contributed by atoms with Crippen molar-refractivity contribution in [1.82, 2.24) is 9.80 Å². The molecule has 0 spiro atoms. The summed E-state index contributed by atoms with van der Waals surface area (Å²) < 4.78 is 0. The first-order valence-corrected chi connectivity index (χ1v) is 7.36. The van der Waals surface area contributed by atoms with E-state index in [1.54, 1.807) is 0 Å². The van der Waals surface area contributed by atoms with Gasteiger partial charge in [0.25, 0.3) is 0 Å². The molecule has 1 fully saturated rings. The van der Waals surface area contributed by atoms with Gasteiger partial charge in [0.1, 0.15) is 0 Å². The fourth-order valence-electron chi connectivity index (χ4n) is 2.97. The smallest absolute Gasteiger partial charge is 0.0621 e. The lowest BCUT2D eigenvalue weighted by atomic mass is 9.77. The lowest BCUT2D eigenvalue weighted by Crippen LogP contribution is -2.52. The van der Waals surface area contributed by atoms with Crippen molar-refractivity contribution in [3.05, 3.63) is 0 Å². The molecule has 18 heavy (non-hydrogen) atoms. The highest BCUT2D eigenvalue weighted by molar-refractivity contribution is 4.87. The summed E-state index contributed by atoms with van der Waals surface area (Å²) in [7, 11) is 2.21. The van der Waals surface area contributed by atoms with Gasteiger partial charge in [-0.1, -0.05) is 13.8 Å². The number of rotatable bonds is 6. The van der Waals surface area contributed by atoms with Crippen molar-refractivity contribution in [3.8, 4) is 6.07 Å². The zero-order valence-corrected chi connectivity index (χ0v) is 12.6. The molecule has 0 N–H and O–H groups in total. The molecule has 0 bridgehead atoms. The average Bonchev–Trinajstić information content (AvgIpc) is 2.39. The van der Waals surface area contributed by atoms with Gasteiger partial charge < -0.3 is 4.90 Å². The quantitative estimate of drug-likeness (QED) is 0.727. The molecule has 0 amide bonds. The predicted molar refractivity (Wildman–Crippen MR) is 76.4 cm³/mol. The normalized spacial score (nSPS) is 22.9. The molecule has 0 aromatic heterocycles. The number of hydrogen-bond acceptors (Lipinski definition) is 3. The van der Waals surface area contributed by atoms with Crippen molar-refractivity contribution in [2.24, 2.45) is 5.41 Å². The molecule has 0 unspecified atom stereocenters. The molecule has 0 saturated carbocycles. The molecule has 1 aliphatic heterocycles. The Kier molecular flexibility index (Phi) is 6.11. The van der Waals surface area contributed by atoms with E-state index in [1.165, 1.54) is 39.0 Å². The van der Waals surface area contributed by atoms with Crippen LogP contribution in [-0.4, -0.2) is 49.1 Å². The molecule has 1 saturated heterocycles. The molecule has 3 heteroatoms. The third-order valence-electron chi connectivity index (χ3n) is 4.87. The van der Waals surface area contributed by atoms with E-state index in [1.807, 2.05) is 0 Å². The molecule has 1 rings (SSSR count). The lowest BCUT2D eigenvalue weighted by Gasteiger charge is -2.43. The Morgan fingerprint density at radius 2 is 1.94 bits per heavy atom. The standard InChI is InChI=1S/C15H29N3/c1-5-15(6-2,8-7-9-16)13-18-11-10-17(4)14(3)12-18/h14H,5-8,10-13H2,1-4H3/t14-/m0/s1.